The molecule has 1 saturated heterocycles. The SMILES string of the molecule is O=C(O)C1CCC(Oc2ccc(F)cc2)CN1. The highest BCUT2D eigenvalue weighted by Crippen LogP contribution is 2.17. The molecule has 2 N–H and O–H groups in total. The maximum Gasteiger partial charge on any atom is 0.320 e. The molecule has 5 heteroatoms. The van der Waals surface area contributed by atoms with E-state index in [0.29, 0.717) is 25.1 Å². The first-order valence-corrected chi connectivity index (χ1v) is 5.53. The molecule has 0 spiro atoms. The van der Waals surface area contributed by atoms with Crippen LogP contribution in [0.2, 0.25) is 0 Å². The topological polar surface area (TPSA) is 58.6 Å². The van der Waals surface area contributed by atoms with Crippen molar-refractivity contribution in [2.24, 2.45) is 0 Å². The Balaban J connectivity index is 1.85. The average molecular weight is 239 g/mol. The van der Waals surface area contributed by atoms with E-state index in [1.807, 2.05) is 0 Å². The lowest BCUT2D eigenvalue weighted by atomic mass is 10.0. The van der Waals surface area contributed by atoms with Crippen LogP contribution in [0, 0.1) is 5.82 Å². The summed E-state index contributed by atoms with van der Waals surface area (Å²) in [6.07, 6.45) is 1.17. The zero-order chi connectivity index (χ0) is 12.3. The molecule has 1 fully saturated rings. The van der Waals surface area contributed by atoms with Gasteiger partial charge in [0.25, 0.3) is 0 Å². The Morgan fingerprint density at radius 1 is 1.35 bits per heavy atom. The van der Waals surface area contributed by atoms with Crippen LogP contribution in [0.3, 0.4) is 0 Å². The molecular weight excluding hydrogens is 225 g/mol. The van der Waals surface area contributed by atoms with E-state index in [2.05, 4.69) is 5.32 Å². The first-order chi connectivity index (χ1) is 8.15. The van der Waals surface area contributed by atoms with Gasteiger partial charge in [0.05, 0.1) is 0 Å². The number of carboxylic acid groups (broad SMARTS) is 1. The van der Waals surface area contributed by atoms with Gasteiger partial charge in [0.1, 0.15) is 23.7 Å². The highest BCUT2D eigenvalue weighted by molar-refractivity contribution is 5.73. The molecule has 1 aliphatic heterocycles. The standard InChI is InChI=1S/C12H14FNO3/c13-8-1-3-9(4-2-8)17-10-5-6-11(12(15)16)14-7-10/h1-4,10-11,14H,5-7H2,(H,15,16). The molecule has 2 rings (SSSR count). The molecule has 0 aromatic heterocycles. The summed E-state index contributed by atoms with van der Waals surface area (Å²) in [4.78, 5) is 10.7. The van der Waals surface area contributed by atoms with E-state index < -0.39 is 12.0 Å². The monoisotopic (exact) mass is 239 g/mol. The van der Waals surface area contributed by atoms with E-state index in [0.717, 1.165) is 0 Å². The van der Waals surface area contributed by atoms with Crippen molar-refractivity contribution in [1.82, 2.24) is 5.32 Å². The molecule has 1 aromatic carbocycles. The predicted octanol–water partition coefficient (Wildman–Crippen LogP) is 1.41. The van der Waals surface area contributed by atoms with E-state index in [1.54, 1.807) is 12.1 Å². The van der Waals surface area contributed by atoms with Gasteiger partial charge in [-0.2, -0.15) is 0 Å². The number of carboxylic acids is 1. The molecule has 1 aromatic rings. The van der Waals surface area contributed by atoms with Crippen LogP contribution < -0.4 is 10.1 Å². The van der Waals surface area contributed by atoms with Crippen LogP contribution in [-0.4, -0.2) is 29.8 Å². The number of hydrogen-bond acceptors (Lipinski definition) is 3. The lowest BCUT2D eigenvalue weighted by Crippen LogP contribution is -2.47. The minimum Gasteiger partial charge on any atom is -0.489 e. The second-order valence-electron chi connectivity index (χ2n) is 4.07. The third-order valence-electron chi connectivity index (χ3n) is 2.78. The minimum absolute atomic E-state index is 0.0592. The Bertz CT molecular complexity index is 385. The van der Waals surface area contributed by atoms with E-state index in [9.17, 15) is 9.18 Å². The third kappa shape index (κ3) is 3.17. The van der Waals surface area contributed by atoms with E-state index in [1.165, 1.54) is 12.1 Å². The van der Waals surface area contributed by atoms with Crippen molar-refractivity contribution in [3.05, 3.63) is 30.1 Å². The molecule has 17 heavy (non-hydrogen) atoms. The normalized spacial score (nSPS) is 24.3. The summed E-state index contributed by atoms with van der Waals surface area (Å²) in [5.41, 5.74) is 0. The summed E-state index contributed by atoms with van der Waals surface area (Å²) < 4.78 is 18.3. The molecule has 92 valence electrons. The zero-order valence-electron chi connectivity index (χ0n) is 9.23. The molecule has 4 nitrogen and oxygen atoms in total. The fourth-order valence-electron chi connectivity index (χ4n) is 1.85. The summed E-state index contributed by atoms with van der Waals surface area (Å²) in [6, 6.07) is 5.33. The second-order valence-corrected chi connectivity index (χ2v) is 4.07. The Hall–Kier alpha value is -1.62. The van der Waals surface area contributed by atoms with Crippen LogP contribution in [0.1, 0.15) is 12.8 Å². The fourth-order valence-corrected chi connectivity index (χ4v) is 1.85. The lowest BCUT2D eigenvalue weighted by molar-refractivity contribution is -0.140. The van der Waals surface area contributed by atoms with Crippen molar-refractivity contribution in [3.63, 3.8) is 0 Å². The summed E-state index contributed by atoms with van der Waals surface area (Å²) in [7, 11) is 0. The predicted molar refractivity (Wildman–Crippen MR) is 59.5 cm³/mol. The molecule has 0 radical (unpaired) electrons. The molecule has 2 unspecified atom stereocenters. The van der Waals surface area contributed by atoms with Gasteiger partial charge in [0.2, 0.25) is 0 Å². The van der Waals surface area contributed by atoms with Gasteiger partial charge in [0.15, 0.2) is 0 Å². The maximum absolute atomic E-state index is 12.7. The van der Waals surface area contributed by atoms with Gasteiger partial charge in [0, 0.05) is 6.54 Å². The first kappa shape index (κ1) is 11.9. The van der Waals surface area contributed by atoms with Crippen molar-refractivity contribution in [2.45, 2.75) is 25.0 Å². The van der Waals surface area contributed by atoms with Crippen molar-refractivity contribution < 1.29 is 19.0 Å². The van der Waals surface area contributed by atoms with Gasteiger partial charge in [-0.25, -0.2) is 4.39 Å². The lowest BCUT2D eigenvalue weighted by Gasteiger charge is -2.27. The van der Waals surface area contributed by atoms with Gasteiger partial charge in [-0.1, -0.05) is 0 Å². The Morgan fingerprint density at radius 2 is 2.06 bits per heavy atom. The molecule has 2 atom stereocenters. The van der Waals surface area contributed by atoms with Crippen LogP contribution >= 0.6 is 0 Å². The van der Waals surface area contributed by atoms with Gasteiger partial charge in [-0.15, -0.1) is 0 Å². The van der Waals surface area contributed by atoms with Crippen LogP contribution in [0.25, 0.3) is 0 Å². The number of hydrogen-bond donors (Lipinski definition) is 2. The van der Waals surface area contributed by atoms with Crippen LogP contribution in [0.5, 0.6) is 5.75 Å². The van der Waals surface area contributed by atoms with Crippen LogP contribution in [0.4, 0.5) is 4.39 Å². The number of carbonyl (C=O) groups is 1. The molecular formula is C12H14FNO3. The first-order valence-electron chi connectivity index (χ1n) is 5.53. The van der Waals surface area contributed by atoms with Crippen molar-refractivity contribution in [1.29, 1.82) is 0 Å². The van der Waals surface area contributed by atoms with E-state index in [4.69, 9.17) is 9.84 Å². The number of rotatable bonds is 3. The van der Waals surface area contributed by atoms with E-state index in [-0.39, 0.29) is 11.9 Å². The zero-order valence-corrected chi connectivity index (χ0v) is 9.23. The minimum atomic E-state index is -0.828. The van der Waals surface area contributed by atoms with Crippen molar-refractivity contribution >= 4 is 5.97 Å². The Morgan fingerprint density at radius 3 is 2.59 bits per heavy atom. The van der Waals surface area contributed by atoms with Crippen molar-refractivity contribution in [3.8, 4) is 5.75 Å². The summed E-state index contributed by atoms with van der Waals surface area (Å²) >= 11 is 0. The number of halogens is 1. The molecule has 1 aliphatic rings. The fraction of sp³-hybridized carbons (Fsp3) is 0.417. The van der Waals surface area contributed by atoms with Gasteiger partial charge < -0.3 is 15.2 Å². The highest BCUT2D eigenvalue weighted by atomic mass is 19.1. The number of aliphatic carboxylic acids is 1. The van der Waals surface area contributed by atoms with Gasteiger partial charge >= 0.3 is 5.97 Å². The van der Waals surface area contributed by atoms with Gasteiger partial charge in [-0.3, -0.25) is 4.79 Å². The molecule has 0 amide bonds. The third-order valence-corrected chi connectivity index (χ3v) is 2.78. The van der Waals surface area contributed by atoms with Crippen LogP contribution in [-0.2, 0) is 4.79 Å². The number of piperidine rings is 1. The molecule has 0 saturated carbocycles. The quantitative estimate of drug-likeness (QED) is 0.837. The summed E-state index contributed by atoms with van der Waals surface area (Å²) in [6.45, 7) is 0.494. The largest absolute Gasteiger partial charge is 0.489 e. The van der Waals surface area contributed by atoms with Gasteiger partial charge in [-0.05, 0) is 37.1 Å². The number of benzene rings is 1. The number of nitrogens with one attached hydrogen (secondary N) is 1. The molecule has 1 heterocycles. The van der Waals surface area contributed by atoms with E-state index >= 15 is 0 Å². The second kappa shape index (κ2) is 5.14. The molecule has 0 bridgehead atoms. The Kier molecular flexibility index (Phi) is 3.58. The van der Waals surface area contributed by atoms with Crippen molar-refractivity contribution in [2.75, 3.05) is 6.54 Å². The average Bonchev–Trinajstić information content (AvgIpc) is 2.33. The smallest absolute Gasteiger partial charge is 0.320 e. The maximum atomic E-state index is 12.7. The summed E-state index contributed by atoms with van der Waals surface area (Å²) in [5.74, 6) is -0.526. The molecule has 0 aliphatic carbocycles. The highest BCUT2D eigenvalue weighted by Gasteiger charge is 2.26. The number of ether oxygens (including phenoxy) is 1. The summed E-state index contributed by atoms with van der Waals surface area (Å²) in [5, 5.41) is 11.7. The Labute approximate surface area is 98.4 Å². The van der Waals surface area contributed by atoms with Crippen LogP contribution in [0.15, 0.2) is 24.3 Å².